The molecule has 1 heterocycles. The lowest BCUT2D eigenvalue weighted by molar-refractivity contribution is -0.122. The van der Waals surface area contributed by atoms with Crippen LogP contribution < -0.4 is 11.1 Å². The fourth-order valence-electron chi connectivity index (χ4n) is 1.52. The number of nitrogens with two attached hydrogens (primary N) is 1. The van der Waals surface area contributed by atoms with Crippen LogP contribution in [0.4, 0.5) is 0 Å². The summed E-state index contributed by atoms with van der Waals surface area (Å²) >= 11 is 0. The molecule has 4 heteroatoms. The summed E-state index contributed by atoms with van der Waals surface area (Å²) in [6.45, 7) is 2.42. The molecule has 0 aromatic carbocycles. The zero-order valence-corrected chi connectivity index (χ0v) is 8.73. The fourth-order valence-corrected chi connectivity index (χ4v) is 1.52. The third-order valence-electron chi connectivity index (χ3n) is 2.57. The van der Waals surface area contributed by atoms with Gasteiger partial charge in [-0.1, -0.05) is 6.07 Å². The van der Waals surface area contributed by atoms with Gasteiger partial charge in [-0.05, 0) is 25.5 Å². The van der Waals surface area contributed by atoms with Crippen LogP contribution in [0, 0.1) is 12.8 Å². The van der Waals surface area contributed by atoms with Crippen molar-refractivity contribution in [1.82, 2.24) is 10.3 Å². The highest BCUT2D eigenvalue weighted by molar-refractivity contribution is 5.82. The van der Waals surface area contributed by atoms with E-state index in [-0.39, 0.29) is 17.9 Å². The molecule has 1 fully saturated rings. The van der Waals surface area contributed by atoms with E-state index in [0.717, 1.165) is 17.8 Å². The lowest BCUT2D eigenvalue weighted by Gasteiger charge is -2.04. The summed E-state index contributed by atoms with van der Waals surface area (Å²) in [6, 6.07) is 5.84. The zero-order chi connectivity index (χ0) is 10.8. The van der Waals surface area contributed by atoms with E-state index in [2.05, 4.69) is 10.3 Å². The van der Waals surface area contributed by atoms with Crippen molar-refractivity contribution in [1.29, 1.82) is 0 Å². The first-order valence-electron chi connectivity index (χ1n) is 5.12. The second-order valence-corrected chi connectivity index (χ2v) is 3.99. The molecule has 15 heavy (non-hydrogen) atoms. The van der Waals surface area contributed by atoms with Gasteiger partial charge in [-0.25, -0.2) is 0 Å². The van der Waals surface area contributed by atoms with Crippen LogP contribution in [0.25, 0.3) is 0 Å². The third-order valence-corrected chi connectivity index (χ3v) is 2.57. The monoisotopic (exact) mass is 205 g/mol. The van der Waals surface area contributed by atoms with E-state index in [9.17, 15) is 4.79 Å². The molecule has 1 aliphatic rings. The number of carbonyl (C=O) groups is 1. The van der Waals surface area contributed by atoms with Gasteiger partial charge in [0, 0.05) is 11.7 Å². The number of pyridine rings is 1. The van der Waals surface area contributed by atoms with Gasteiger partial charge in [-0.3, -0.25) is 9.78 Å². The number of hydrogen-bond donors (Lipinski definition) is 2. The minimum Gasteiger partial charge on any atom is -0.350 e. The number of aryl methyl sites for hydroxylation is 1. The van der Waals surface area contributed by atoms with Crippen molar-refractivity contribution in [2.24, 2.45) is 11.7 Å². The van der Waals surface area contributed by atoms with Crippen molar-refractivity contribution in [3.05, 3.63) is 29.6 Å². The van der Waals surface area contributed by atoms with Gasteiger partial charge in [-0.2, -0.15) is 0 Å². The van der Waals surface area contributed by atoms with Gasteiger partial charge in [0.1, 0.15) is 0 Å². The summed E-state index contributed by atoms with van der Waals surface area (Å²) in [7, 11) is 0. The summed E-state index contributed by atoms with van der Waals surface area (Å²) in [4.78, 5) is 15.8. The molecule has 2 unspecified atom stereocenters. The zero-order valence-electron chi connectivity index (χ0n) is 8.73. The third kappa shape index (κ3) is 2.53. The highest BCUT2D eigenvalue weighted by atomic mass is 16.2. The number of hydrogen-bond acceptors (Lipinski definition) is 3. The SMILES string of the molecule is Cc1cccc(CNC(=O)C2CC2N)n1. The van der Waals surface area contributed by atoms with Crippen LogP contribution in [0.5, 0.6) is 0 Å². The van der Waals surface area contributed by atoms with E-state index >= 15 is 0 Å². The molecule has 3 N–H and O–H groups in total. The number of amides is 1. The first kappa shape index (κ1) is 10.1. The van der Waals surface area contributed by atoms with E-state index in [1.165, 1.54) is 0 Å². The van der Waals surface area contributed by atoms with Crippen molar-refractivity contribution in [3.63, 3.8) is 0 Å². The smallest absolute Gasteiger partial charge is 0.225 e. The van der Waals surface area contributed by atoms with Crippen LogP contribution in [-0.4, -0.2) is 16.9 Å². The van der Waals surface area contributed by atoms with Crippen LogP contribution in [-0.2, 0) is 11.3 Å². The Kier molecular flexibility index (Phi) is 2.68. The first-order valence-corrected chi connectivity index (χ1v) is 5.12. The van der Waals surface area contributed by atoms with Gasteiger partial charge >= 0.3 is 0 Å². The number of nitrogens with one attached hydrogen (secondary N) is 1. The van der Waals surface area contributed by atoms with Crippen molar-refractivity contribution >= 4 is 5.91 Å². The summed E-state index contributed by atoms with van der Waals surface area (Å²) in [5.74, 6) is 0.0700. The number of aromatic nitrogens is 1. The molecular formula is C11H15N3O. The molecule has 1 amide bonds. The molecule has 1 saturated carbocycles. The van der Waals surface area contributed by atoms with Crippen molar-refractivity contribution in [2.75, 3.05) is 0 Å². The minimum atomic E-state index is 0.0230. The molecule has 1 aromatic rings. The minimum absolute atomic E-state index is 0.0230. The molecule has 1 aliphatic carbocycles. The number of carbonyl (C=O) groups excluding carboxylic acids is 1. The Morgan fingerprint density at radius 3 is 3.00 bits per heavy atom. The Balaban J connectivity index is 1.85. The van der Waals surface area contributed by atoms with Crippen molar-refractivity contribution < 1.29 is 4.79 Å². The maximum Gasteiger partial charge on any atom is 0.225 e. The van der Waals surface area contributed by atoms with Crippen molar-refractivity contribution in [3.8, 4) is 0 Å². The van der Waals surface area contributed by atoms with Gasteiger partial charge in [0.2, 0.25) is 5.91 Å². The molecule has 2 rings (SSSR count). The molecule has 0 bridgehead atoms. The van der Waals surface area contributed by atoms with Crippen LogP contribution in [0.3, 0.4) is 0 Å². The first-order chi connectivity index (χ1) is 7.16. The average molecular weight is 205 g/mol. The maximum atomic E-state index is 11.5. The van der Waals surface area contributed by atoms with Crippen LogP contribution in [0.1, 0.15) is 17.8 Å². The van der Waals surface area contributed by atoms with Gasteiger partial charge in [0.15, 0.2) is 0 Å². The Morgan fingerprint density at radius 1 is 1.67 bits per heavy atom. The van der Waals surface area contributed by atoms with E-state index in [1.807, 2.05) is 25.1 Å². The topological polar surface area (TPSA) is 68.0 Å². The van der Waals surface area contributed by atoms with Gasteiger partial charge < -0.3 is 11.1 Å². The van der Waals surface area contributed by atoms with E-state index in [0.29, 0.717) is 6.54 Å². The Hall–Kier alpha value is -1.42. The van der Waals surface area contributed by atoms with Crippen LogP contribution >= 0.6 is 0 Å². The summed E-state index contributed by atoms with van der Waals surface area (Å²) in [6.07, 6.45) is 0.813. The highest BCUT2D eigenvalue weighted by Gasteiger charge is 2.39. The molecule has 4 nitrogen and oxygen atoms in total. The lowest BCUT2D eigenvalue weighted by atomic mass is 10.3. The van der Waals surface area contributed by atoms with E-state index < -0.39 is 0 Å². The largest absolute Gasteiger partial charge is 0.350 e. The normalized spacial score (nSPS) is 23.6. The van der Waals surface area contributed by atoms with E-state index in [4.69, 9.17) is 5.73 Å². The quantitative estimate of drug-likeness (QED) is 0.748. The van der Waals surface area contributed by atoms with Gasteiger partial charge in [-0.15, -0.1) is 0 Å². The Bertz CT molecular complexity index is 378. The number of nitrogens with zero attached hydrogens (tertiary/aromatic N) is 1. The Labute approximate surface area is 88.9 Å². The molecule has 2 atom stereocenters. The van der Waals surface area contributed by atoms with Gasteiger partial charge in [0.25, 0.3) is 0 Å². The summed E-state index contributed by atoms with van der Waals surface area (Å²) in [5.41, 5.74) is 7.43. The molecule has 80 valence electrons. The fraction of sp³-hybridized carbons (Fsp3) is 0.455. The maximum absolute atomic E-state index is 11.5. The van der Waals surface area contributed by atoms with Crippen LogP contribution in [0.15, 0.2) is 18.2 Å². The van der Waals surface area contributed by atoms with E-state index in [1.54, 1.807) is 0 Å². The summed E-state index contributed by atoms with van der Waals surface area (Å²) < 4.78 is 0. The van der Waals surface area contributed by atoms with Crippen molar-refractivity contribution in [2.45, 2.75) is 25.9 Å². The average Bonchev–Trinajstić information content (AvgIpc) is 2.92. The standard InChI is InChI=1S/C11H15N3O/c1-7-3-2-4-8(14-7)6-13-11(15)9-5-10(9)12/h2-4,9-10H,5-6,12H2,1H3,(H,13,15). The predicted octanol–water partition coefficient (Wildman–Crippen LogP) is 0.353. The number of rotatable bonds is 3. The lowest BCUT2D eigenvalue weighted by Crippen LogP contribution is -2.27. The molecule has 0 spiro atoms. The molecule has 0 saturated heterocycles. The highest BCUT2D eigenvalue weighted by Crippen LogP contribution is 2.27. The second kappa shape index (κ2) is 3.98. The summed E-state index contributed by atoms with van der Waals surface area (Å²) in [5, 5.41) is 2.84. The molecule has 0 radical (unpaired) electrons. The predicted molar refractivity (Wildman–Crippen MR) is 56.9 cm³/mol. The van der Waals surface area contributed by atoms with Crippen LogP contribution in [0.2, 0.25) is 0 Å². The molecule has 0 aliphatic heterocycles. The second-order valence-electron chi connectivity index (χ2n) is 3.99. The van der Waals surface area contributed by atoms with Gasteiger partial charge in [0.05, 0.1) is 18.2 Å². The molecular weight excluding hydrogens is 190 g/mol. The molecule has 1 aromatic heterocycles. The Morgan fingerprint density at radius 2 is 2.40 bits per heavy atom.